The van der Waals surface area contributed by atoms with E-state index in [9.17, 15) is 19.5 Å². The number of amides is 3. The first kappa shape index (κ1) is 23.7. The Morgan fingerprint density at radius 1 is 1.15 bits per heavy atom. The van der Waals surface area contributed by atoms with Crippen LogP contribution in [-0.2, 0) is 27.3 Å². The number of carbonyl (C=O) groups is 3. The van der Waals surface area contributed by atoms with Gasteiger partial charge in [0, 0.05) is 42.1 Å². The van der Waals surface area contributed by atoms with Gasteiger partial charge in [-0.05, 0) is 53.9 Å². The number of halogens is 1. The predicted octanol–water partition coefficient (Wildman–Crippen LogP) is 0.554. The third-order valence-electron chi connectivity index (χ3n) is 6.10. The smallest absolute Gasteiger partial charge is 0.259 e. The van der Waals surface area contributed by atoms with Crippen LogP contribution in [0.2, 0.25) is 0 Å². The van der Waals surface area contributed by atoms with E-state index in [2.05, 4.69) is 16.0 Å². The summed E-state index contributed by atoms with van der Waals surface area (Å²) in [6.45, 7) is 1.46. The van der Waals surface area contributed by atoms with Gasteiger partial charge in [0.15, 0.2) is 12.2 Å². The van der Waals surface area contributed by atoms with Crippen LogP contribution in [0.15, 0.2) is 36.4 Å². The van der Waals surface area contributed by atoms with Gasteiger partial charge in [-0.25, -0.2) is 0 Å². The van der Waals surface area contributed by atoms with Gasteiger partial charge in [0.25, 0.3) is 17.7 Å². The molecule has 3 heterocycles. The number of nitrogens with one attached hydrogen (secondary N) is 4. The standard InChI is InChI=1S/C23H23N5O5.ClH/c24-20-16-3-1-14(9-13(16)11-26-20)27-22(31)18(29)19-23(32)28(7-8-33-19)15-2-4-17-12(10-15)5-6-25-21(17)30;/h1-4,9-10,18-19,29H,5-8,11H2,(H2,24,26)(H,25,30)(H,27,31);1H/t18-,19-;/m1./s1. The molecular weight excluding hydrogens is 462 g/mol. The minimum absolute atomic E-state index is 0. The second-order valence-electron chi connectivity index (χ2n) is 8.16. The monoisotopic (exact) mass is 485 g/mol. The van der Waals surface area contributed by atoms with Crippen molar-refractivity contribution in [2.45, 2.75) is 25.2 Å². The number of aliphatic hydroxyl groups excluding tert-OH is 1. The molecule has 34 heavy (non-hydrogen) atoms. The highest BCUT2D eigenvalue weighted by Crippen LogP contribution is 2.26. The zero-order chi connectivity index (χ0) is 23.1. The fraction of sp³-hybridized carbons (Fsp3) is 0.304. The Labute approximate surface area is 201 Å². The molecule has 178 valence electrons. The zero-order valence-electron chi connectivity index (χ0n) is 18.1. The van der Waals surface area contributed by atoms with Crippen molar-refractivity contribution in [2.75, 3.05) is 29.9 Å². The number of benzene rings is 2. The normalized spacial score (nSPS) is 19.9. The molecule has 5 rings (SSSR count). The zero-order valence-corrected chi connectivity index (χ0v) is 18.9. The van der Waals surface area contributed by atoms with Crippen molar-refractivity contribution >= 4 is 47.3 Å². The number of morpholine rings is 1. The van der Waals surface area contributed by atoms with Gasteiger partial charge in [-0.15, -0.1) is 12.4 Å². The number of hydrogen-bond donors (Lipinski definition) is 5. The Bertz CT molecular complexity index is 1190. The number of ether oxygens (including phenoxy) is 1. The SMILES string of the molecule is Cl.N=C1NCc2cc(NC(=O)[C@H](O)[C@H]3OCCN(c4ccc5c(c4)CCNC5=O)C3=O)ccc21. The number of aliphatic hydroxyl groups is 1. The molecule has 2 aromatic carbocycles. The maximum absolute atomic E-state index is 13.1. The molecule has 0 saturated carbocycles. The van der Waals surface area contributed by atoms with Crippen LogP contribution in [0.5, 0.6) is 0 Å². The Hall–Kier alpha value is -3.47. The topological polar surface area (TPSA) is 144 Å². The number of anilines is 2. The number of carbonyl (C=O) groups excluding carboxylic acids is 3. The molecule has 0 aliphatic carbocycles. The van der Waals surface area contributed by atoms with E-state index in [1.165, 1.54) is 4.90 Å². The molecule has 0 bridgehead atoms. The van der Waals surface area contributed by atoms with Crippen LogP contribution < -0.4 is 20.9 Å². The van der Waals surface area contributed by atoms with E-state index in [0.717, 1.165) is 16.7 Å². The summed E-state index contributed by atoms with van der Waals surface area (Å²) in [6, 6.07) is 10.3. The minimum atomic E-state index is -1.70. The van der Waals surface area contributed by atoms with Crippen molar-refractivity contribution < 1.29 is 24.2 Å². The molecule has 11 heteroatoms. The van der Waals surface area contributed by atoms with Crippen molar-refractivity contribution in [1.82, 2.24) is 10.6 Å². The number of fused-ring (bicyclic) bond motifs is 2. The molecule has 1 saturated heterocycles. The third-order valence-corrected chi connectivity index (χ3v) is 6.10. The average Bonchev–Trinajstić information content (AvgIpc) is 3.18. The van der Waals surface area contributed by atoms with Crippen LogP contribution in [-0.4, -0.2) is 60.6 Å². The summed E-state index contributed by atoms with van der Waals surface area (Å²) in [7, 11) is 0. The maximum atomic E-state index is 13.1. The van der Waals surface area contributed by atoms with Gasteiger partial charge in [-0.3, -0.25) is 19.8 Å². The van der Waals surface area contributed by atoms with Crippen molar-refractivity contribution in [3.05, 3.63) is 58.7 Å². The highest BCUT2D eigenvalue weighted by molar-refractivity contribution is 6.05. The summed E-state index contributed by atoms with van der Waals surface area (Å²) < 4.78 is 5.48. The minimum Gasteiger partial charge on any atom is -0.380 e. The second-order valence-corrected chi connectivity index (χ2v) is 8.16. The van der Waals surface area contributed by atoms with Crippen molar-refractivity contribution in [3.63, 3.8) is 0 Å². The molecule has 2 atom stereocenters. The summed E-state index contributed by atoms with van der Waals surface area (Å²) in [5.41, 5.74) is 4.12. The molecule has 0 unspecified atom stereocenters. The Morgan fingerprint density at radius 2 is 1.94 bits per heavy atom. The van der Waals surface area contributed by atoms with E-state index in [1.807, 2.05) is 0 Å². The summed E-state index contributed by atoms with van der Waals surface area (Å²) in [6.07, 6.45) is -2.38. The van der Waals surface area contributed by atoms with Crippen LogP contribution in [0.1, 0.15) is 27.0 Å². The molecule has 3 aliphatic rings. The Kier molecular flexibility index (Phi) is 6.56. The first-order valence-corrected chi connectivity index (χ1v) is 10.7. The van der Waals surface area contributed by atoms with Gasteiger partial charge in [-0.2, -0.15) is 0 Å². The lowest BCUT2D eigenvalue weighted by atomic mass is 9.99. The summed E-state index contributed by atoms with van der Waals surface area (Å²) in [5.74, 6) is -1.08. The van der Waals surface area contributed by atoms with Gasteiger partial charge < -0.3 is 30.7 Å². The summed E-state index contributed by atoms with van der Waals surface area (Å²) >= 11 is 0. The quantitative estimate of drug-likeness (QED) is 0.428. The molecular formula is C23H24ClN5O5. The first-order valence-electron chi connectivity index (χ1n) is 10.7. The fourth-order valence-corrected chi connectivity index (χ4v) is 4.37. The molecule has 5 N–H and O–H groups in total. The van der Waals surface area contributed by atoms with Gasteiger partial charge >= 0.3 is 0 Å². The fourth-order valence-electron chi connectivity index (χ4n) is 4.37. The predicted molar refractivity (Wildman–Crippen MR) is 127 cm³/mol. The summed E-state index contributed by atoms with van der Waals surface area (Å²) in [4.78, 5) is 39.2. The molecule has 0 radical (unpaired) electrons. The van der Waals surface area contributed by atoms with Gasteiger partial charge in [0.2, 0.25) is 0 Å². The molecule has 3 amide bonds. The van der Waals surface area contributed by atoms with Gasteiger partial charge in [0.05, 0.1) is 6.61 Å². The van der Waals surface area contributed by atoms with Crippen LogP contribution >= 0.6 is 12.4 Å². The average molecular weight is 486 g/mol. The third kappa shape index (κ3) is 4.23. The Balaban J connectivity index is 0.00000274. The number of nitrogens with zero attached hydrogens (tertiary/aromatic N) is 1. The number of rotatable bonds is 4. The van der Waals surface area contributed by atoms with E-state index in [4.69, 9.17) is 10.1 Å². The van der Waals surface area contributed by atoms with Crippen LogP contribution in [0.25, 0.3) is 0 Å². The van der Waals surface area contributed by atoms with E-state index in [0.29, 0.717) is 42.3 Å². The van der Waals surface area contributed by atoms with Gasteiger partial charge in [-0.1, -0.05) is 0 Å². The van der Waals surface area contributed by atoms with E-state index < -0.39 is 24.0 Å². The van der Waals surface area contributed by atoms with Crippen LogP contribution in [0, 0.1) is 5.41 Å². The molecule has 3 aliphatic heterocycles. The van der Waals surface area contributed by atoms with E-state index in [1.54, 1.807) is 36.4 Å². The lowest BCUT2D eigenvalue weighted by Gasteiger charge is -2.34. The molecule has 0 aromatic heterocycles. The lowest BCUT2D eigenvalue weighted by molar-refractivity contribution is -0.150. The molecule has 10 nitrogen and oxygen atoms in total. The van der Waals surface area contributed by atoms with Crippen molar-refractivity contribution in [3.8, 4) is 0 Å². The van der Waals surface area contributed by atoms with E-state index >= 15 is 0 Å². The largest absolute Gasteiger partial charge is 0.380 e. The summed E-state index contributed by atoms with van der Waals surface area (Å²) in [5, 5.41) is 26.7. The number of hydrogen-bond acceptors (Lipinski definition) is 6. The van der Waals surface area contributed by atoms with Crippen molar-refractivity contribution in [2.24, 2.45) is 0 Å². The van der Waals surface area contributed by atoms with E-state index in [-0.39, 0.29) is 31.5 Å². The first-order chi connectivity index (χ1) is 15.9. The molecule has 0 spiro atoms. The van der Waals surface area contributed by atoms with Crippen LogP contribution in [0.4, 0.5) is 11.4 Å². The lowest BCUT2D eigenvalue weighted by Crippen LogP contribution is -2.55. The van der Waals surface area contributed by atoms with Gasteiger partial charge in [0.1, 0.15) is 5.84 Å². The highest BCUT2D eigenvalue weighted by Gasteiger charge is 2.39. The Morgan fingerprint density at radius 3 is 2.76 bits per heavy atom. The maximum Gasteiger partial charge on any atom is 0.259 e. The molecule has 2 aromatic rings. The number of amidine groups is 1. The second kappa shape index (κ2) is 9.41. The van der Waals surface area contributed by atoms with Crippen molar-refractivity contribution in [1.29, 1.82) is 5.41 Å². The van der Waals surface area contributed by atoms with Crippen LogP contribution in [0.3, 0.4) is 0 Å². The highest BCUT2D eigenvalue weighted by atomic mass is 35.5. The molecule has 1 fully saturated rings.